The third-order valence-electron chi connectivity index (χ3n) is 6.44. The standard InChI is InChI=1S/C29H27N/c1-4-20-14-16-24-25-17-15-22(19-27(25)29(2,3)26(24)18-20)30-28-13-9-8-12-23(28)21-10-6-5-7-11-21/h5-19,30H,4H2,1-3H3. The highest BCUT2D eigenvalue weighted by atomic mass is 14.9. The maximum absolute atomic E-state index is 3.69. The third kappa shape index (κ3) is 3.02. The molecule has 30 heavy (non-hydrogen) atoms. The summed E-state index contributed by atoms with van der Waals surface area (Å²) in [4.78, 5) is 0. The average Bonchev–Trinajstić information content (AvgIpc) is 3.01. The number of nitrogens with one attached hydrogen (secondary N) is 1. The lowest BCUT2D eigenvalue weighted by atomic mass is 9.81. The molecule has 0 aromatic heterocycles. The Morgan fingerprint density at radius 1 is 0.667 bits per heavy atom. The van der Waals surface area contributed by atoms with Crippen LogP contribution in [0.2, 0.25) is 0 Å². The number of aryl methyl sites for hydroxylation is 1. The number of hydrogen-bond donors (Lipinski definition) is 1. The monoisotopic (exact) mass is 389 g/mol. The van der Waals surface area contributed by atoms with Crippen LogP contribution in [0.15, 0.2) is 91.0 Å². The predicted octanol–water partition coefficient (Wildman–Crippen LogP) is 7.97. The van der Waals surface area contributed by atoms with E-state index >= 15 is 0 Å². The van der Waals surface area contributed by atoms with Gasteiger partial charge in [-0.1, -0.05) is 93.6 Å². The van der Waals surface area contributed by atoms with Gasteiger partial charge in [-0.3, -0.25) is 0 Å². The van der Waals surface area contributed by atoms with Crippen LogP contribution in [-0.4, -0.2) is 0 Å². The van der Waals surface area contributed by atoms with Gasteiger partial charge >= 0.3 is 0 Å². The molecule has 1 N–H and O–H groups in total. The van der Waals surface area contributed by atoms with Crippen molar-refractivity contribution in [2.45, 2.75) is 32.6 Å². The number of hydrogen-bond acceptors (Lipinski definition) is 1. The molecule has 0 amide bonds. The van der Waals surface area contributed by atoms with Crippen LogP contribution in [0.5, 0.6) is 0 Å². The van der Waals surface area contributed by atoms with E-state index in [0.29, 0.717) is 0 Å². The van der Waals surface area contributed by atoms with Crippen molar-refractivity contribution in [1.82, 2.24) is 0 Å². The molecule has 5 rings (SSSR count). The van der Waals surface area contributed by atoms with E-state index < -0.39 is 0 Å². The van der Waals surface area contributed by atoms with Gasteiger partial charge in [0.15, 0.2) is 0 Å². The molecule has 4 aromatic carbocycles. The average molecular weight is 390 g/mol. The highest BCUT2D eigenvalue weighted by Gasteiger charge is 2.35. The molecule has 0 aliphatic heterocycles. The summed E-state index contributed by atoms with van der Waals surface area (Å²) in [6, 6.07) is 32.9. The van der Waals surface area contributed by atoms with Crippen LogP contribution in [-0.2, 0) is 11.8 Å². The fraction of sp³-hybridized carbons (Fsp3) is 0.172. The summed E-state index contributed by atoms with van der Waals surface area (Å²) in [5.41, 5.74) is 11.7. The minimum Gasteiger partial charge on any atom is -0.355 e. The molecule has 0 bridgehead atoms. The summed E-state index contributed by atoms with van der Waals surface area (Å²) in [5, 5.41) is 3.69. The van der Waals surface area contributed by atoms with Crippen LogP contribution in [0, 0.1) is 0 Å². The highest BCUT2D eigenvalue weighted by Crippen LogP contribution is 2.49. The zero-order valence-corrected chi connectivity index (χ0v) is 17.9. The molecular weight excluding hydrogens is 362 g/mol. The van der Waals surface area contributed by atoms with Crippen molar-refractivity contribution < 1.29 is 0 Å². The van der Waals surface area contributed by atoms with Crippen LogP contribution >= 0.6 is 0 Å². The Morgan fingerprint density at radius 3 is 2.10 bits per heavy atom. The maximum atomic E-state index is 3.69. The lowest BCUT2D eigenvalue weighted by Crippen LogP contribution is -2.15. The summed E-state index contributed by atoms with van der Waals surface area (Å²) in [5.74, 6) is 0. The van der Waals surface area contributed by atoms with E-state index in [1.807, 2.05) is 0 Å². The van der Waals surface area contributed by atoms with Crippen LogP contribution in [0.25, 0.3) is 22.3 Å². The minimum absolute atomic E-state index is 0.00643. The molecule has 1 aliphatic rings. The van der Waals surface area contributed by atoms with E-state index in [-0.39, 0.29) is 5.41 Å². The Balaban J connectivity index is 1.54. The highest BCUT2D eigenvalue weighted by molar-refractivity contribution is 5.85. The third-order valence-corrected chi connectivity index (χ3v) is 6.44. The summed E-state index contributed by atoms with van der Waals surface area (Å²) in [6.45, 7) is 6.92. The van der Waals surface area contributed by atoms with Gasteiger partial charge in [0.25, 0.3) is 0 Å². The van der Waals surface area contributed by atoms with E-state index in [1.54, 1.807) is 0 Å². The zero-order chi connectivity index (χ0) is 20.7. The number of para-hydroxylation sites is 1. The number of anilines is 2. The Bertz CT molecular complexity index is 1220. The first-order valence-corrected chi connectivity index (χ1v) is 10.8. The Morgan fingerprint density at radius 2 is 1.33 bits per heavy atom. The van der Waals surface area contributed by atoms with Crippen LogP contribution in [0.3, 0.4) is 0 Å². The lowest BCUT2D eigenvalue weighted by Gasteiger charge is -2.23. The van der Waals surface area contributed by atoms with Crippen LogP contribution < -0.4 is 5.32 Å². The molecule has 0 atom stereocenters. The van der Waals surface area contributed by atoms with Gasteiger partial charge in [-0.2, -0.15) is 0 Å². The number of rotatable bonds is 4. The van der Waals surface area contributed by atoms with Crippen molar-refractivity contribution in [1.29, 1.82) is 0 Å². The largest absolute Gasteiger partial charge is 0.355 e. The molecule has 1 heteroatoms. The quantitative estimate of drug-likeness (QED) is 0.373. The van der Waals surface area contributed by atoms with Gasteiger partial charge in [0.05, 0.1) is 0 Å². The molecule has 1 nitrogen and oxygen atoms in total. The van der Waals surface area contributed by atoms with E-state index in [9.17, 15) is 0 Å². The summed E-state index contributed by atoms with van der Waals surface area (Å²) in [7, 11) is 0. The first-order valence-electron chi connectivity index (χ1n) is 10.8. The molecule has 0 spiro atoms. The van der Waals surface area contributed by atoms with E-state index in [1.165, 1.54) is 38.9 Å². The molecule has 148 valence electrons. The van der Waals surface area contributed by atoms with Crippen LogP contribution in [0.4, 0.5) is 11.4 Å². The predicted molar refractivity (Wildman–Crippen MR) is 129 cm³/mol. The zero-order valence-electron chi connectivity index (χ0n) is 17.9. The normalized spacial score (nSPS) is 13.6. The van der Waals surface area contributed by atoms with Crippen molar-refractivity contribution in [3.63, 3.8) is 0 Å². The van der Waals surface area contributed by atoms with Gasteiger partial charge in [-0.15, -0.1) is 0 Å². The molecule has 0 fully saturated rings. The number of fused-ring (bicyclic) bond motifs is 3. The van der Waals surface area contributed by atoms with Gasteiger partial charge in [0.2, 0.25) is 0 Å². The lowest BCUT2D eigenvalue weighted by molar-refractivity contribution is 0.659. The van der Waals surface area contributed by atoms with Gasteiger partial charge in [0.1, 0.15) is 0 Å². The fourth-order valence-electron chi connectivity index (χ4n) is 4.70. The van der Waals surface area contributed by atoms with Crippen molar-refractivity contribution in [3.05, 3.63) is 108 Å². The second kappa shape index (κ2) is 7.18. The first-order chi connectivity index (χ1) is 14.6. The van der Waals surface area contributed by atoms with Gasteiger partial charge in [0, 0.05) is 22.4 Å². The molecule has 0 radical (unpaired) electrons. The topological polar surface area (TPSA) is 12.0 Å². The molecular formula is C29H27N. The molecule has 0 saturated carbocycles. The van der Waals surface area contributed by atoms with E-state index in [4.69, 9.17) is 0 Å². The summed E-state index contributed by atoms with van der Waals surface area (Å²) in [6.07, 6.45) is 1.07. The summed E-state index contributed by atoms with van der Waals surface area (Å²) >= 11 is 0. The van der Waals surface area contributed by atoms with Gasteiger partial charge < -0.3 is 5.32 Å². The van der Waals surface area contributed by atoms with Crippen molar-refractivity contribution in [3.8, 4) is 22.3 Å². The minimum atomic E-state index is 0.00643. The Kier molecular flexibility index (Phi) is 4.47. The second-order valence-corrected chi connectivity index (χ2v) is 8.66. The number of benzene rings is 4. The maximum Gasteiger partial charge on any atom is 0.0463 e. The van der Waals surface area contributed by atoms with Gasteiger partial charge in [-0.05, 0) is 58.0 Å². The van der Waals surface area contributed by atoms with Crippen molar-refractivity contribution in [2.24, 2.45) is 0 Å². The molecule has 1 aliphatic carbocycles. The fourth-order valence-corrected chi connectivity index (χ4v) is 4.70. The molecule has 4 aromatic rings. The smallest absolute Gasteiger partial charge is 0.0463 e. The van der Waals surface area contributed by atoms with Crippen molar-refractivity contribution in [2.75, 3.05) is 5.32 Å². The molecule has 0 saturated heterocycles. The molecule has 0 heterocycles. The SMILES string of the molecule is CCc1ccc2c(c1)C(C)(C)c1cc(Nc3ccccc3-c3ccccc3)ccc1-2. The van der Waals surface area contributed by atoms with E-state index in [2.05, 4.69) is 117 Å². The Hall–Kier alpha value is -3.32. The Labute approximate surface area is 179 Å². The summed E-state index contributed by atoms with van der Waals surface area (Å²) < 4.78 is 0. The van der Waals surface area contributed by atoms with Crippen molar-refractivity contribution >= 4 is 11.4 Å². The van der Waals surface area contributed by atoms with Crippen LogP contribution in [0.1, 0.15) is 37.5 Å². The van der Waals surface area contributed by atoms with Gasteiger partial charge in [-0.25, -0.2) is 0 Å². The molecule has 0 unspecified atom stereocenters. The second-order valence-electron chi connectivity index (χ2n) is 8.66. The first kappa shape index (κ1) is 18.7. The van der Waals surface area contributed by atoms with E-state index in [0.717, 1.165) is 17.8 Å².